The number of hydrogen-bond donors (Lipinski definition) is 0. The number of benzene rings is 1. The second-order valence-corrected chi connectivity index (χ2v) is 4.01. The summed E-state index contributed by atoms with van der Waals surface area (Å²) >= 11 is 0. The fourth-order valence-electron chi connectivity index (χ4n) is 1.90. The summed E-state index contributed by atoms with van der Waals surface area (Å²) in [6, 6.07) is 5.99. The summed E-state index contributed by atoms with van der Waals surface area (Å²) in [5.74, 6) is -0.311. The van der Waals surface area contributed by atoms with Gasteiger partial charge in [-0.15, -0.1) is 0 Å². The van der Waals surface area contributed by atoms with E-state index in [0.717, 1.165) is 6.41 Å². The zero-order valence-corrected chi connectivity index (χ0v) is 9.67. The molecule has 0 radical (unpaired) electrons. The molecule has 1 aliphatic rings. The van der Waals surface area contributed by atoms with E-state index in [9.17, 15) is 9.18 Å². The number of amides is 1. The molecule has 17 heavy (non-hydrogen) atoms. The summed E-state index contributed by atoms with van der Waals surface area (Å²) in [5, 5.41) is 3.43. The monoisotopic (exact) mass is 238 g/mol. The SMILES string of the molecule is CC1COCCN1N(C=O)c1ccc(F)cc1. The van der Waals surface area contributed by atoms with Crippen LogP contribution in [0.4, 0.5) is 10.1 Å². The van der Waals surface area contributed by atoms with Gasteiger partial charge in [0.25, 0.3) is 0 Å². The number of morpholine rings is 1. The lowest BCUT2D eigenvalue weighted by molar-refractivity contribution is -0.112. The zero-order chi connectivity index (χ0) is 12.3. The Morgan fingerprint density at radius 2 is 2.18 bits per heavy atom. The van der Waals surface area contributed by atoms with Crippen LogP contribution in [0.25, 0.3) is 0 Å². The molecule has 0 aromatic heterocycles. The molecule has 1 aromatic carbocycles. The Bertz CT molecular complexity index is 383. The number of halogens is 1. The summed E-state index contributed by atoms with van der Waals surface area (Å²) < 4.78 is 18.1. The number of hydrogen-bond acceptors (Lipinski definition) is 3. The second-order valence-electron chi connectivity index (χ2n) is 4.01. The molecule has 0 bridgehead atoms. The van der Waals surface area contributed by atoms with Gasteiger partial charge in [-0.05, 0) is 31.2 Å². The Morgan fingerprint density at radius 3 is 2.76 bits per heavy atom. The normalized spacial score (nSPS) is 21.2. The third-order valence-corrected chi connectivity index (χ3v) is 2.80. The van der Waals surface area contributed by atoms with Gasteiger partial charge >= 0.3 is 0 Å². The maximum atomic E-state index is 12.8. The minimum atomic E-state index is -0.311. The molecule has 0 spiro atoms. The van der Waals surface area contributed by atoms with E-state index in [0.29, 0.717) is 25.4 Å². The molecule has 4 nitrogen and oxygen atoms in total. The van der Waals surface area contributed by atoms with E-state index < -0.39 is 0 Å². The molecule has 0 N–H and O–H groups in total. The van der Waals surface area contributed by atoms with Gasteiger partial charge in [0.1, 0.15) is 5.82 Å². The van der Waals surface area contributed by atoms with Gasteiger partial charge < -0.3 is 4.74 Å². The Balaban J connectivity index is 2.20. The summed E-state index contributed by atoms with van der Waals surface area (Å²) in [6.07, 6.45) is 0.745. The van der Waals surface area contributed by atoms with E-state index in [-0.39, 0.29) is 11.9 Å². The predicted octanol–water partition coefficient (Wildman–Crippen LogP) is 1.42. The van der Waals surface area contributed by atoms with E-state index in [2.05, 4.69) is 0 Å². The second kappa shape index (κ2) is 5.25. The van der Waals surface area contributed by atoms with Crippen LogP contribution in [0.5, 0.6) is 0 Å². The van der Waals surface area contributed by atoms with E-state index in [1.807, 2.05) is 11.9 Å². The molecule has 2 rings (SSSR count). The number of hydrazine groups is 1. The topological polar surface area (TPSA) is 32.8 Å². The van der Waals surface area contributed by atoms with Crippen LogP contribution in [0, 0.1) is 5.82 Å². The molecule has 1 unspecified atom stereocenters. The maximum Gasteiger partial charge on any atom is 0.228 e. The fraction of sp³-hybridized carbons (Fsp3) is 0.417. The molecule has 1 aliphatic heterocycles. The lowest BCUT2D eigenvalue weighted by Gasteiger charge is -2.39. The smallest absolute Gasteiger partial charge is 0.228 e. The van der Waals surface area contributed by atoms with Gasteiger partial charge in [0.15, 0.2) is 0 Å². The van der Waals surface area contributed by atoms with Crippen molar-refractivity contribution >= 4 is 12.1 Å². The van der Waals surface area contributed by atoms with Crippen LogP contribution in [0.15, 0.2) is 24.3 Å². The minimum absolute atomic E-state index is 0.124. The highest BCUT2D eigenvalue weighted by atomic mass is 19.1. The first kappa shape index (κ1) is 12.0. The highest BCUT2D eigenvalue weighted by molar-refractivity contribution is 5.73. The molecule has 1 heterocycles. The number of carbonyl (C=O) groups is 1. The van der Waals surface area contributed by atoms with Gasteiger partial charge in [-0.3, -0.25) is 4.79 Å². The van der Waals surface area contributed by atoms with Crippen LogP contribution in [-0.4, -0.2) is 37.2 Å². The maximum absolute atomic E-state index is 12.8. The van der Waals surface area contributed by atoms with Crippen LogP contribution in [0.2, 0.25) is 0 Å². The van der Waals surface area contributed by atoms with Crippen molar-refractivity contribution < 1.29 is 13.9 Å². The molecular weight excluding hydrogens is 223 g/mol. The van der Waals surface area contributed by atoms with E-state index in [1.165, 1.54) is 17.1 Å². The lowest BCUT2D eigenvalue weighted by atomic mass is 10.2. The van der Waals surface area contributed by atoms with Crippen molar-refractivity contribution in [2.24, 2.45) is 0 Å². The molecule has 1 atom stereocenters. The Morgan fingerprint density at radius 1 is 1.47 bits per heavy atom. The van der Waals surface area contributed by atoms with Gasteiger partial charge in [-0.2, -0.15) is 0 Å². The fourth-order valence-corrected chi connectivity index (χ4v) is 1.90. The molecule has 92 valence electrons. The van der Waals surface area contributed by atoms with Crippen molar-refractivity contribution in [3.05, 3.63) is 30.1 Å². The van der Waals surface area contributed by atoms with Crippen molar-refractivity contribution in [2.75, 3.05) is 24.8 Å². The summed E-state index contributed by atoms with van der Waals surface area (Å²) in [5.41, 5.74) is 0.662. The lowest BCUT2D eigenvalue weighted by Crippen LogP contribution is -2.53. The third-order valence-electron chi connectivity index (χ3n) is 2.80. The Labute approximate surface area is 99.5 Å². The number of ether oxygens (including phenoxy) is 1. The van der Waals surface area contributed by atoms with Gasteiger partial charge in [-0.25, -0.2) is 14.4 Å². The quantitative estimate of drug-likeness (QED) is 0.747. The predicted molar refractivity (Wildman–Crippen MR) is 61.9 cm³/mol. The highest BCUT2D eigenvalue weighted by Gasteiger charge is 2.24. The summed E-state index contributed by atoms with van der Waals surface area (Å²) in [6.45, 7) is 3.82. The number of rotatable bonds is 3. The van der Waals surface area contributed by atoms with Gasteiger partial charge in [0, 0.05) is 6.54 Å². The molecule has 5 heteroatoms. The standard InChI is InChI=1S/C12H15FN2O2/c1-10-8-17-7-6-14(10)15(9-16)12-4-2-11(13)3-5-12/h2-5,9-10H,6-8H2,1H3. The van der Waals surface area contributed by atoms with Crippen molar-refractivity contribution in [3.8, 4) is 0 Å². The summed E-state index contributed by atoms with van der Waals surface area (Å²) in [4.78, 5) is 11.2. The number of anilines is 1. The van der Waals surface area contributed by atoms with Crippen molar-refractivity contribution in [1.29, 1.82) is 0 Å². The molecule has 1 aromatic rings. The molecule has 0 saturated carbocycles. The first-order valence-electron chi connectivity index (χ1n) is 5.57. The van der Waals surface area contributed by atoms with Crippen LogP contribution in [0.3, 0.4) is 0 Å². The van der Waals surface area contributed by atoms with Crippen LogP contribution in [-0.2, 0) is 9.53 Å². The average Bonchev–Trinajstić information content (AvgIpc) is 2.35. The Hall–Kier alpha value is -1.46. The average molecular weight is 238 g/mol. The largest absolute Gasteiger partial charge is 0.378 e. The molecule has 1 fully saturated rings. The van der Waals surface area contributed by atoms with E-state index in [4.69, 9.17) is 4.74 Å². The zero-order valence-electron chi connectivity index (χ0n) is 9.67. The van der Waals surface area contributed by atoms with Crippen LogP contribution < -0.4 is 5.01 Å². The molecule has 1 amide bonds. The molecular formula is C12H15FN2O2. The van der Waals surface area contributed by atoms with Crippen LogP contribution in [0.1, 0.15) is 6.92 Å². The molecule has 0 aliphatic carbocycles. The van der Waals surface area contributed by atoms with Gasteiger partial charge in [-0.1, -0.05) is 0 Å². The number of nitrogens with zero attached hydrogens (tertiary/aromatic N) is 2. The van der Waals surface area contributed by atoms with Crippen molar-refractivity contribution in [1.82, 2.24) is 5.01 Å². The minimum Gasteiger partial charge on any atom is -0.378 e. The third kappa shape index (κ3) is 2.62. The molecule has 1 saturated heterocycles. The van der Waals surface area contributed by atoms with E-state index in [1.54, 1.807) is 12.1 Å². The number of carbonyl (C=O) groups excluding carboxylic acids is 1. The van der Waals surface area contributed by atoms with Crippen LogP contribution >= 0.6 is 0 Å². The van der Waals surface area contributed by atoms with Crippen molar-refractivity contribution in [2.45, 2.75) is 13.0 Å². The van der Waals surface area contributed by atoms with Crippen molar-refractivity contribution in [3.63, 3.8) is 0 Å². The first-order chi connectivity index (χ1) is 8.22. The Kier molecular flexibility index (Phi) is 3.71. The summed E-state index contributed by atoms with van der Waals surface area (Å²) in [7, 11) is 0. The first-order valence-corrected chi connectivity index (χ1v) is 5.57. The highest BCUT2D eigenvalue weighted by Crippen LogP contribution is 2.19. The van der Waals surface area contributed by atoms with E-state index >= 15 is 0 Å². The van der Waals surface area contributed by atoms with Gasteiger partial charge in [0.2, 0.25) is 6.41 Å². The van der Waals surface area contributed by atoms with Gasteiger partial charge in [0.05, 0.1) is 24.9 Å².